The van der Waals surface area contributed by atoms with E-state index in [2.05, 4.69) is 0 Å². The number of para-hydroxylation sites is 1. The summed E-state index contributed by atoms with van der Waals surface area (Å²) in [4.78, 5) is 0. The third-order valence-electron chi connectivity index (χ3n) is 1.86. The number of hydrogen-bond donors (Lipinski definition) is 0. The summed E-state index contributed by atoms with van der Waals surface area (Å²) in [6, 6.07) is -1.84. The van der Waals surface area contributed by atoms with Crippen LogP contribution in [0.1, 0.15) is 26.1 Å². The zero-order valence-electron chi connectivity index (χ0n) is 12.2. The van der Waals surface area contributed by atoms with E-state index in [1.54, 1.807) is 0 Å². The Bertz CT molecular complexity index is 428. The molecule has 0 radical (unpaired) electrons. The van der Waals surface area contributed by atoms with Crippen molar-refractivity contribution in [3.8, 4) is 5.75 Å². The van der Waals surface area contributed by atoms with Crippen LogP contribution in [0.25, 0.3) is 0 Å². The molecule has 0 N–H and O–H groups in total. The van der Waals surface area contributed by atoms with Gasteiger partial charge in [0.15, 0.2) is 6.29 Å². The fraction of sp³-hybridized carbons (Fsp3) is 0.455. The first kappa shape index (κ1) is 4.47. The summed E-state index contributed by atoms with van der Waals surface area (Å²) < 4.78 is 48.7. The lowest BCUT2D eigenvalue weighted by atomic mass is 10.2. The van der Waals surface area contributed by atoms with Gasteiger partial charge < -0.3 is 9.47 Å². The van der Waals surface area contributed by atoms with E-state index in [-0.39, 0.29) is 29.9 Å². The minimum Gasteiger partial charge on any atom is -0.465 e. The lowest BCUT2D eigenvalue weighted by molar-refractivity contribution is -0.105. The summed E-state index contributed by atoms with van der Waals surface area (Å²) in [6.07, 6.45) is 2.05. The molecule has 1 unspecified atom stereocenters. The maximum Gasteiger partial charge on any atom is 0.199 e. The first-order valence-corrected chi connectivity index (χ1v) is 4.37. The fourth-order valence-electron chi connectivity index (χ4n) is 1.23. The van der Waals surface area contributed by atoms with Crippen LogP contribution in [0.5, 0.6) is 5.75 Å². The highest BCUT2D eigenvalue weighted by Gasteiger charge is 2.14. The minimum absolute atomic E-state index is 0.132. The van der Waals surface area contributed by atoms with E-state index in [1.807, 2.05) is 0 Å². The van der Waals surface area contributed by atoms with Crippen molar-refractivity contribution in [1.82, 2.24) is 0 Å². The minimum atomic E-state index is -0.526. The number of ether oxygens (including phenoxy) is 2. The Morgan fingerprint density at radius 3 is 2.85 bits per heavy atom. The molecule has 1 fully saturated rings. The van der Waals surface area contributed by atoms with Crippen molar-refractivity contribution >= 4 is 0 Å². The number of hydrogen-bond acceptors (Lipinski definition) is 2. The van der Waals surface area contributed by atoms with Crippen LogP contribution in [0.15, 0.2) is 30.2 Å². The summed E-state index contributed by atoms with van der Waals surface area (Å²) in [5, 5.41) is 0. The highest BCUT2D eigenvalue weighted by Crippen LogP contribution is 2.18. The maximum absolute atomic E-state index is 7.70. The standard InChI is InChI=1S/C11H14O2/c1-2-6-10(7-3-1)13-11-8-4-5-9-12-11/h1-3,6-7,11H,4-5,8-9H2/i1D,2D,3D,6D,7D. The lowest BCUT2D eigenvalue weighted by Crippen LogP contribution is -2.24. The van der Waals surface area contributed by atoms with Crippen molar-refractivity contribution in [2.45, 2.75) is 25.6 Å². The van der Waals surface area contributed by atoms with Gasteiger partial charge in [0.1, 0.15) is 5.75 Å². The van der Waals surface area contributed by atoms with Crippen molar-refractivity contribution < 1.29 is 16.3 Å². The van der Waals surface area contributed by atoms with E-state index in [9.17, 15) is 0 Å². The Hall–Kier alpha value is -1.02. The first-order chi connectivity index (χ1) is 8.52. The molecule has 13 heavy (non-hydrogen) atoms. The predicted molar refractivity (Wildman–Crippen MR) is 50.7 cm³/mol. The van der Waals surface area contributed by atoms with Gasteiger partial charge in [0, 0.05) is 6.42 Å². The molecule has 0 saturated carbocycles. The Labute approximate surface area is 85.5 Å². The van der Waals surface area contributed by atoms with Crippen LogP contribution >= 0.6 is 0 Å². The van der Waals surface area contributed by atoms with E-state index in [4.69, 9.17) is 16.3 Å². The topological polar surface area (TPSA) is 18.5 Å². The van der Waals surface area contributed by atoms with Crippen LogP contribution in [0, 0.1) is 0 Å². The number of benzene rings is 1. The van der Waals surface area contributed by atoms with Crippen LogP contribution in [-0.4, -0.2) is 12.9 Å². The van der Waals surface area contributed by atoms with E-state index < -0.39 is 12.3 Å². The van der Waals surface area contributed by atoms with Gasteiger partial charge in [-0.3, -0.25) is 0 Å². The van der Waals surface area contributed by atoms with Crippen molar-refractivity contribution in [1.29, 1.82) is 0 Å². The summed E-state index contributed by atoms with van der Waals surface area (Å²) in [5.74, 6) is -0.132. The second-order valence-corrected chi connectivity index (χ2v) is 2.87. The van der Waals surface area contributed by atoms with Crippen LogP contribution in [0.4, 0.5) is 0 Å². The molecule has 2 rings (SSSR count). The molecular formula is C11H14O2. The van der Waals surface area contributed by atoms with Gasteiger partial charge in [-0.2, -0.15) is 0 Å². The molecule has 0 bridgehead atoms. The summed E-state index contributed by atoms with van der Waals surface area (Å²) in [7, 11) is 0. The van der Waals surface area contributed by atoms with Crippen LogP contribution < -0.4 is 4.74 Å². The van der Waals surface area contributed by atoms with Gasteiger partial charge >= 0.3 is 0 Å². The normalized spacial score (nSPS) is 28.0. The van der Waals surface area contributed by atoms with Gasteiger partial charge in [0.2, 0.25) is 0 Å². The van der Waals surface area contributed by atoms with Crippen LogP contribution in [0.3, 0.4) is 0 Å². The molecule has 2 nitrogen and oxygen atoms in total. The van der Waals surface area contributed by atoms with Crippen LogP contribution in [-0.2, 0) is 4.74 Å². The van der Waals surface area contributed by atoms with Crippen molar-refractivity contribution in [2.75, 3.05) is 6.61 Å². The molecule has 0 spiro atoms. The van der Waals surface area contributed by atoms with Crippen molar-refractivity contribution in [3.63, 3.8) is 0 Å². The molecule has 0 aromatic heterocycles. The smallest absolute Gasteiger partial charge is 0.199 e. The predicted octanol–water partition coefficient (Wildman–Crippen LogP) is 2.59. The Morgan fingerprint density at radius 1 is 1.31 bits per heavy atom. The van der Waals surface area contributed by atoms with Gasteiger partial charge in [-0.15, -0.1) is 0 Å². The fourth-order valence-corrected chi connectivity index (χ4v) is 1.23. The first-order valence-electron chi connectivity index (χ1n) is 6.87. The largest absolute Gasteiger partial charge is 0.465 e. The van der Waals surface area contributed by atoms with Gasteiger partial charge in [0.05, 0.1) is 13.5 Å². The number of rotatable bonds is 2. The van der Waals surface area contributed by atoms with E-state index in [1.165, 1.54) is 0 Å². The molecule has 1 saturated heterocycles. The molecule has 0 aliphatic carbocycles. The van der Waals surface area contributed by atoms with Crippen molar-refractivity contribution in [2.24, 2.45) is 0 Å². The molecule has 1 aromatic carbocycles. The molecule has 70 valence electrons. The Kier molecular flexibility index (Phi) is 1.47. The molecule has 1 aliphatic heterocycles. The van der Waals surface area contributed by atoms with Crippen molar-refractivity contribution in [3.05, 3.63) is 30.2 Å². The molecule has 2 heteroatoms. The van der Waals surface area contributed by atoms with Gasteiger partial charge in [-0.25, -0.2) is 0 Å². The lowest BCUT2D eigenvalue weighted by Gasteiger charge is -2.23. The van der Waals surface area contributed by atoms with Crippen LogP contribution in [0.2, 0.25) is 0 Å². The summed E-state index contributed by atoms with van der Waals surface area (Å²) >= 11 is 0. The third kappa shape index (κ3) is 2.46. The van der Waals surface area contributed by atoms with Gasteiger partial charge in [-0.1, -0.05) is 18.1 Å². The third-order valence-corrected chi connectivity index (χ3v) is 1.86. The summed E-state index contributed by atoms with van der Waals surface area (Å²) in [5.41, 5.74) is 0. The molecule has 1 aliphatic rings. The quantitative estimate of drug-likeness (QED) is 0.701. The summed E-state index contributed by atoms with van der Waals surface area (Å²) in [6.45, 7) is 0.573. The highest BCUT2D eigenvalue weighted by atomic mass is 16.7. The van der Waals surface area contributed by atoms with Gasteiger partial charge in [-0.05, 0) is 24.9 Å². The molecule has 1 heterocycles. The second-order valence-electron chi connectivity index (χ2n) is 2.87. The van der Waals surface area contributed by atoms with E-state index >= 15 is 0 Å². The molecule has 1 atom stereocenters. The monoisotopic (exact) mass is 183 g/mol. The average molecular weight is 183 g/mol. The Morgan fingerprint density at radius 2 is 2.15 bits per heavy atom. The zero-order valence-corrected chi connectivity index (χ0v) is 7.22. The maximum atomic E-state index is 7.70. The second kappa shape index (κ2) is 4.28. The Balaban J connectivity index is 2.32. The van der Waals surface area contributed by atoms with E-state index in [0.29, 0.717) is 13.0 Å². The molecule has 1 aromatic rings. The SMILES string of the molecule is [2H]c1c([2H])c([2H])c(OC2CCCCO2)c([2H])c1[2H]. The zero-order chi connectivity index (χ0) is 13.3. The average Bonchev–Trinajstić information content (AvgIpc) is 2.40. The van der Waals surface area contributed by atoms with Gasteiger partial charge in [0.25, 0.3) is 0 Å². The van der Waals surface area contributed by atoms with E-state index in [0.717, 1.165) is 12.8 Å². The highest BCUT2D eigenvalue weighted by molar-refractivity contribution is 5.21. The molecular weight excluding hydrogens is 164 g/mol. The molecule has 0 amide bonds.